The SMILES string of the molecule is CCNC(=O)c1nnc(-c2cc(C(C)C)c(O)cc2O)n1-c1ccc(CN2CCN(C(=O)CCC(=O)N[C@@H](CCCCNC(=O)CCNC(=O)[C@H](CO)NC(=O)[C@H](CO)NC(=O)[C@H](CO)NC(=O)CC[C@H](C(=O)O)N3CCN(CC(=O)O)CCN(CC(=O)O)CCN(CC(=O)O)CC3)C(=O)N3CCN(Cc4ccc(-n5c(C(=O)NCC)nnc5-c5cc(C(C)C)c(O)cc5O)cc4)CC3)CC2)cc1. The molecule has 5 heterocycles. The molecular weight excluding hydrogens is 1800 g/mol. The first kappa shape index (κ1) is 108. The van der Waals surface area contributed by atoms with E-state index >= 15 is 0 Å². The monoisotopic (exact) mass is 1930 g/mol. The number of piperazine rings is 2. The number of carboxylic acid groups (broad SMARTS) is 4. The van der Waals surface area contributed by atoms with Gasteiger partial charge in [-0.25, -0.2) is 0 Å². The number of aromatic hydroxyl groups is 4. The van der Waals surface area contributed by atoms with Crippen LogP contribution in [0.5, 0.6) is 23.0 Å². The molecule has 3 aliphatic rings. The number of amides is 10. The van der Waals surface area contributed by atoms with Gasteiger partial charge in [-0.05, 0) is 110 Å². The molecule has 2 aromatic heterocycles. The van der Waals surface area contributed by atoms with E-state index in [0.717, 1.165) is 11.1 Å². The van der Waals surface area contributed by atoms with Crippen LogP contribution in [0.4, 0.5) is 0 Å². The summed E-state index contributed by atoms with van der Waals surface area (Å²) >= 11 is 0. The lowest BCUT2D eigenvalue weighted by Crippen LogP contribution is -2.59. The van der Waals surface area contributed by atoms with Gasteiger partial charge in [0, 0.05) is 193 Å². The summed E-state index contributed by atoms with van der Waals surface area (Å²) in [5, 5.41) is 150. The molecule has 3 fully saturated rings. The molecule has 47 nitrogen and oxygen atoms in total. The molecule has 5 atom stereocenters. The largest absolute Gasteiger partial charge is 0.508 e. The van der Waals surface area contributed by atoms with E-state index in [1.54, 1.807) is 52.5 Å². The van der Waals surface area contributed by atoms with E-state index in [-0.39, 0.29) is 185 Å². The first-order valence-corrected chi connectivity index (χ1v) is 46.1. The minimum absolute atomic E-state index is 0.0161. The number of aliphatic carboxylic acids is 4. The van der Waals surface area contributed by atoms with Crippen LogP contribution < -0.4 is 42.5 Å². The van der Waals surface area contributed by atoms with E-state index in [2.05, 4.69) is 72.7 Å². The summed E-state index contributed by atoms with van der Waals surface area (Å²) < 4.78 is 3.07. The Kier molecular flexibility index (Phi) is 41.4. The van der Waals surface area contributed by atoms with Gasteiger partial charge in [-0.1, -0.05) is 52.0 Å². The zero-order chi connectivity index (χ0) is 101. The third kappa shape index (κ3) is 31.3. The maximum absolute atomic E-state index is 14.7. The highest BCUT2D eigenvalue weighted by atomic mass is 16.4. The number of hydrogen-bond acceptors (Lipinski definition) is 31. The Hall–Kier alpha value is -13.4. The van der Waals surface area contributed by atoms with E-state index in [4.69, 9.17) is 0 Å². The van der Waals surface area contributed by atoms with Crippen LogP contribution in [-0.4, -0.2) is 408 Å². The molecule has 0 bridgehead atoms. The standard InChI is InChI=1S/C91H128N22O25/c1-7-92-88(134)83-102-100-81(63-43-61(55(3)4)70(117)45-72(63)119)112(83)59-16-12-57(13-17-59)47-104-33-39-110(40-34-104)77(124)23-22-76(123)96-65(90(136)111-41-35-105(36-42-111)48-58-14-18-60(19-15-58)113-82(101-103-84(113)89(135)93-8-2)64-44-62(56(5)6)71(118)46-73(64)120)11-9-10-25-94-74(121)24-26-95-85(131)66(52-114)98-87(133)68(54-116)99-86(132)67(53-115)97-75(122)21-20-69(91(137)138)109-37-31-107(50-79(127)128)29-27-106(49-78(125)126)28-30-108(32-38-109)51-80(129)130/h12-19,43-46,55-56,65-69,114-120H,7-11,20-42,47-54H2,1-6H3,(H,92,134)(H,93,135)(H,94,121)(H,95,131)(H,96,123)(H,97,122)(H,98,133)(H,99,132)(H,125,126)(H,127,128)(H,129,130)(H,137,138)/t65-,66-,67-,68-,69+/m0/s1. The van der Waals surface area contributed by atoms with Crippen LogP contribution in [-0.2, 0) is 70.6 Å². The molecule has 47 heteroatoms. The van der Waals surface area contributed by atoms with Gasteiger partial charge in [-0.15, -0.1) is 20.4 Å². The van der Waals surface area contributed by atoms with Gasteiger partial charge in [0.15, 0.2) is 11.6 Å². The van der Waals surface area contributed by atoms with Gasteiger partial charge >= 0.3 is 23.9 Å². The van der Waals surface area contributed by atoms with Crippen LogP contribution in [0, 0.1) is 0 Å². The van der Waals surface area contributed by atoms with E-state index < -0.39 is 154 Å². The average Bonchev–Trinajstić information content (AvgIpc) is 1.61. The van der Waals surface area contributed by atoms with Gasteiger partial charge in [-0.2, -0.15) is 0 Å². The summed E-state index contributed by atoms with van der Waals surface area (Å²) in [7, 11) is 0. The van der Waals surface area contributed by atoms with Crippen molar-refractivity contribution in [3.8, 4) is 57.1 Å². The van der Waals surface area contributed by atoms with Crippen LogP contribution in [0.25, 0.3) is 34.2 Å². The third-order valence-corrected chi connectivity index (χ3v) is 23.9. The van der Waals surface area contributed by atoms with Crippen molar-refractivity contribution >= 4 is 82.9 Å². The van der Waals surface area contributed by atoms with E-state index in [0.29, 0.717) is 101 Å². The predicted molar refractivity (Wildman–Crippen MR) is 495 cm³/mol. The highest BCUT2D eigenvalue weighted by Gasteiger charge is 2.36. The Morgan fingerprint density at radius 3 is 1.20 bits per heavy atom. The number of carbonyl (C=O) groups excluding carboxylic acids is 10. The average molecular weight is 1930 g/mol. The number of phenolic OH excluding ortho intramolecular Hbond substituents is 4. The first-order valence-electron chi connectivity index (χ1n) is 46.1. The maximum atomic E-state index is 14.7. The van der Waals surface area contributed by atoms with Crippen molar-refractivity contribution < 1.29 is 123 Å². The topological polar surface area (TPSA) is 645 Å². The number of carbonyl (C=O) groups is 14. The zero-order valence-corrected chi connectivity index (χ0v) is 78.3. The predicted octanol–water partition coefficient (Wildman–Crippen LogP) is -2.06. The number of phenols is 4. The van der Waals surface area contributed by atoms with Crippen molar-refractivity contribution in [2.45, 2.75) is 148 Å². The second kappa shape index (κ2) is 52.8. The molecule has 0 saturated carbocycles. The van der Waals surface area contributed by atoms with Crippen molar-refractivity contribution in [3.05, 3.63) is 107 Å². The van der Waals surface area contributed by atoms with E-state index in [1.165, 1.54) is 36.3 Å². The normalized spacial score (nSPS) is 15.8. The maximum Gasteiger partial charge on any atom is 0.320 e. The molecule has 3 aliphatic heterocycles. The van der Waals surface area contributed by atoms with Gasteiger partial charge in [-0.3, -0.25) is 106 Å². The summed E-state index contributed by atoms with van der Waals surface area (Å²) in [5.74, 6) is -12.7. The number of hydrogen-bond donors (Lipinski definition) is 19. The molecule has 752 valence electrons. The van der Waals surface area contributed by atoms with Crippen LogP contribution >= 0.6 is 0 Å². The van der Waals surface area contributed by atoms with Gasteiger partial charge < -0.3 is 109 Å². The molecule has 0 spiro atoms. The molecule has 0 aliphatic carbocycles. The number of aliphatic hydroxyl groups excluding tert-OH is 3. The Morgan fingerprint density at radius 2 is 0.783 bits per heavy atom. The van der Waals surface area contributed by atoms with Crippen LogP contribution in [0.2, 0.25) is 0 Å². The highest BCUT2D eigenvalue weighted by molar-refractivity contribution is 5.96. The lowest BCUT2D eigenvalue weighted by Gasteiger charge is -2.36. The van der Waals surface area contributed by atoms with Crippen molar-refractivity contribution in [1.29, 1.82) is 0 Å². The number of aliphatic hydroxyl groups is 3. The van der Waals surface area contributed by atoms with Gasteiger partial charge in [0.25, 0.3) is 11.8 Å². The van der Waals surface area contributed by atoms with Gasteiger partial charge in [0.2, 0.25) is 58.9 Å². The number of nitrogens with zero attached hydrogens (tertiary/aromatic N) is 14. The molecule has 9 rings (SSSR count). The van der Waals surface area contributed by atoms with Crippen LogP contribution in [0.1, 0.15) is 148 Å². The van der Waals surface area contributed by atoms with Crippen molar-refractivity contribution in [2.75, 3.05) is 170 Å². The third-order valence-electron chi connectivity index (χ3n) is 23.9. The second-order valence-electron chi connectivity index (χ2n) is 34.6. The minimum atomic E-state index is -1.85. The summed E-state index contributed by atoms with van der Waals surface area (Å²) in [6, 6.07) is 12.6. The van der Waals surface area contributed by atoms with Crippen molar-refractivity contribution in [1.82, 2.24) is 111 Å². The number of unbranched alkanes of at least 4 members (excludes halogenated alkanes) is 1. The second-order valence-corrected chi connectivity index (χ2v) is 34.6. The van der Waals surface area contributed by atoms with Crippen LogP contribution in [0.15, 0.2) is 72.8 Å². The number of benzene rings is 4. The highest BCUT2D eigenvalue weighted by Crippen LogP contribution is 2.40. The summed E-state index contributed by atoms with van der Waals surface area (Å²) in [5.41, 5.74) is 4.47. The lowest BCUT2D eigenvalue weighted by atomic mass is 9.98. The molecule has 0 unspecified atom stereocenters. The van der Waals surface area contributed by atoms with Crippen molar-refractivity contribution in [2.24, 2.45) is 0 Å². The van der Waals surface area contributed by atoms with E-state index in [9.17, 15) is 123 Å². The summed E-state index contributed by atoms with van der Waals surface area (Å²) in [6.07, 6.45) is -0.968. The number of carboxylic acids is 4. The molecule has 3 saturated heterocycles. The fourth-order valence-electron chi connectivity index (χ4n) is 16.3. The molecular formula is C91H128N22O25. The molecule has 10 amide bonds. The number of rotatable bonds is 47. The van der Waals surface area contributed by atoms with Crippen LogP contribution in [0.3, 0.4) is 0 Å². The Bertz CT molecular complexity index is 5180. The molecule has 6 aromatic rings. The molecule has 138 heavy (non-hydrogen) atoms. The quantitative estimate of drug-likeness (QED) is 0.0183. The molecule has 4 aromatic carbocycles. The molecule has 0 radical (unpaired) electrons. The number of nitrogens with one attached hydrogen (secondary N) is 8. The number of aromatic nitrogens is 6. The fourth-order valence-corrected chi connectivity index (χ4v) is 16.3. The Balaban J connectivity index is 0.764. The van der Waals surface area contributed by atoms with Gasteiger partial charge in [0.1, 0.15) is 53.2 Å². The molecule has 19 N–H and O–H groups in total. The van der Waals surface area contributed by atoms with E-state index in [1.807, 2.05) is 64.1 Å². The first-order chi connectivity index (χ1) is 65.9. The minimum Gasteiger partial charge on any atom is -0.508 e. The fraction of sp³-hybridized carbons (Fsp3) is 0.538. The van der Waals surface area contributed by atoms with Crippen molar-refractivity contribution in [3.63, 3.8) is 0 Å². The van der Waals surface area contributed by atoms with Gasteiger partial charge in [0.05, 0.1) is 50.6 Å². The Morgan fingerprint density at radius 1 is 0.384 bits per heavy atom. The smallest absolute Gasteiger partial charge is 0.320 e. The lowest BCUT2D eigenvalue weighted by molar-refractivity contribution is -0.145. The zero-order valence-electron chi connectivity index (χ0n) is 78.3. The Labute approximate surface area is 796 Å². The summed E-state index contributed by atoms with van der Waals surface area (Å²) in [6.45, 7) is 11.0. The summed E-state index contributed by atoms with van der Waals surface area (Å²) in [4.78, 5) is 198.